The van der Waals surface area contributed by atoms with Crippen LogP contribution in [0, 0.1) is 0 Å². The molecule has 21 heavy (non-hydrogen) atoms. The fourth-order valence-electron chi connectivity index (χ4n) is 2.07. The zero-order chi connectivity index (χ0) is 16.4. The maximum atomic E-state index is 14.0. The summed E-state index contributed by atoms with van der Waals surface area (Å²) in [5.74, 6) is -6.22. The lowest BCUT2D eigenvalue weighted by atomic mass is 9.90. The molecule has 0 aromatic carbocycles. The number of ether oxygens (including phenoxy) is 1. The quantitative estimate of drug-likeness (QED) is 0.399. The Morgan fingerprint density at radius 3 is 2.48 bits per heavy atom. The number of halogens is 2. The minimum absolute atomic E-state index is 0.719. The second-order valence-electron chi connectivity index (χ2n) is 4.80. The largest absolute Gasteiger partial charge is 0.477 e. The first-order valence-electron chi connectivity index (χ1n) is 6.10. The highest BCUT2D eigenvalue weighted by atomic mass is 19.2. The van der Waals surface area contributed by atoms with Crippen LogP contribution in [0.1, 0.15) is 13.3 Å². The van der Waals surface area contributed by atoms with Gasteiger partial charge in [-0.2, -0.15) is 4.39 Å². The van der Waals surface area contributed by atoms with Crippen molar-refractivity contribution in [3.63, 3.8) is 0 Å². The van der Waals surface area contributed by atoms with Gasteiger partial charge in [-0.15, -0.1) is 0 Å². The van der Waals surface area contributed by atoms with Gasteiger partial charge in [0.05, 0.1) is 19.1 Å². The standard InChI is InChI=1S/C11H17F2NO7/c1-4(16)14-7-5(12)2-11(13,10(19)20)21-9(7)8(18)6(17)3-15/h5-9,15,17-18H,2-3H2,1H3,(H,14,16)(H,19,20)/t5-,6+,7+,8+,9+,11+/m0/s1. The van der Waals surface area contributed by atoms with Gasteiger partial charge in [0, 0.05) is 6.92 Å². The number of rotatable bonds is 5. The van der Waals surface area contributed by atoms with Gasteiger partial charge in [0.1, 0.15) is 24.5 Å². The van der Waals surface area contributed by atoms with Crippen molar-refractivity contribution in [3.8, 4) is 0 Å². The Labute approximate surface area is 118 Å². The minimum atomic E-state index is -3.41. The number of hydrogen-bond acceptors (Lipinski definition) is 6. The van der Waals surface area contributed by atoms with Crippen LogP contribution in [0.2, 0.25) is 0 Å². The molecule has 0 saturated carbocycles. The van der Waals surface area contributed by atoms with E-state index in [-0.39, 0.29) is 0 Å². The molecule has 10 heteroatoms. The molecule has 1 aliphatic rings. The highest BCUT2D eigenvalue weighted by molar-refractivity contribution is 5.76. The lowest BCUT2D eigenvalue weighted by molar-refractivity contribution is -0.261. The molecule has 0 spiro atoms. The predicted molar refractivity (Wildman–Crippen MR) is 62.6 cm³/mol. The summed E-state index contributed by atoms with van der Waals surface area (Å²) in [6, 6.07) is -1.57. The fourth-order valence-corrected chi connectivity index (χ4v) is 2.07. The molecule has 5 N–H and O–H groups in total. The summed E-state index contributed by atoms with van der Waals surface area (Å²) >= 11 is 0. The molecule has 0 unspecified atom stereocenters. The second-order valence-corrected chi connectivity index (χ2v) is 4.80. The van der Waals surface area contributed by atoms with Gasteiger partial charge in [-0.1, -0.05) is 0 Å². The summed E-state index contributed by atoms with van der Waals surface area (Å²) in [5, 5.41) is 38.6. The van der Waals surface area contributed by atoms with Gasteiger partial charge >= 0.3 is 11.8 Å². The number of hydrogen-bond donors (Lipinski definition) is 5. The zero-order valence-corrected chi connectivity index (χ0v) is 11.1. The molecule has 0 aliphatic carbocycles. The van der Waals surface area contributed by atoms with E-state index in [9.17, 15) is 28.6 Å². The Bertz CT molecular complexity index is 410. The lowest BCUT2D eigenvalue weighted by Gasteiger charge is -2.42. The number of carboxylic acids is 1. The van der Waals surface area contributed by atoms with Gasteiger partial charge in [0.25, 0.3) is 0 Å². The maximum absolute atomic E-state index is 14.0. The SMILES string of the molecule is CC(=O)N[C@H]1[C@H]([C@H](O)[C@H](O)CO)O[C@@](F)(C(=O)O)C[C@@H]1F. The Kier molecular flexibility index (Phi) is 5.56. The number of aliphatic carboxylic acids is 1. The zero-order valence-electron chi connectivity index (χ0n) is 11.1. The molecule has 1 aliphatic heterocycles. The summed E-state index contributed by atoms with van der Waals surface area (Å²) < 4.78 is 32.6. The lowest BCUT2D eigenvalue weighted by Crippen LogP contribution is -2.65. The number of aliphatic hydroxyl groups is 3. The normalized spacial score (nSPS) is 35.8. The molecule has 1 amide bonds. The molecular formula is C11H17F2NO7. The van der Waals surface area contributed by atoms with Crippen molar-refractivity contribution < 1.29 is 43.5 Å². The number of amides is 1. The summed E-state index contributed by atoms with van der Waals surface area (Å²) in [6.07, 6.45) is -9.07. The van der Waals surface area contributed by atoms with E-state index in [0.717, 1.165) is 6.92 Å². The molecule has 0 bridgehead atoms. The first-order chi connectivity index (χ1) is 9.62. The van der Waals surface area contributed by atoms with E-state index < -0.39 is 61.3 Å². The Hall–Kier alpha value is -1.36. The van der Waals surface area contributed by atoms with Gasteiger partial charge in [-0.25, -0.2) is 9.18 Å². The molecule has 1 rings (SSSR count). The van der Waals surface area contributed by atoms with E-state index >= 15 is 0 Å². The van der Waals surface area contributed by atoms with Crippen molar-refractivity contribution in [1.82, 2.24) is 5.32 Å². The van der Waals surface area contributed by atoms with Crippen molar-refractivity contribution in [2.24, 2.45) is 0 Å². The van der Waals surface area contributed by atoms with E-state index in [0.29, 0.717) is 0 Å². The molecule has 1 saturated heterocycles. The maximum Gasteiger partial charge on any atom is 0.369 e. The summed E-state index contributed by atoms with van der Waals surface area (Å²) in [4.78, 5) is 21.8. The first kappa shape index (κ1) is 17.7. The van der Waals surface area contributed by atoms with E-state index in [1.807, 2.05) is 0 Å². The molecule has 0 radical (unpaired) electrons. The molecule has 122 valence electrons. The number of carbonyl (C=O) groups excluding carboxylic acids is 1. The van der Waals surface area contributed by atoms with Crippen LogP contribution in [-0.4, -0.2) is 75.3 Å². The van der Waals surface area contributed by atoms with E-state index in [2.05, 4.69) is 10.1 Å². The van der Waals surface area contributed by atoms with Crippen molar-refractivity contribution in [1.29, 1.82) is 0 Å². The van der Waals surface area contributed by atoms with Crippen LogP contribution in [0.3, 0.4) is 0 Å². The van der Waals surface area contributed by atoms with Crippen LogP contribution >= 0.6 is 0 Å². The number of carboxylic acid groups (broad SMARTS) is 1. The molecular weight excluding hydrogens is 296 g/mol. The van der Waals surface area contributed by atoms with Crippen molar-refractivity contribution in [2.75, 3.05) is 6.61 Å². The molecule has 0 aromatic heterocycles. The number of carbonyl (C=O) groups is 2. The average Bonchev–Trinajstić information content (AvgIpc) is 2.39. The van der Waals surface area contributed by atoms with Crippen LogP contribution in [-0.2, 0) is 14.3 Å². The third-order valence-corrected chi connectivity index (χ3v) is 3.13. The monoisotopic (exact) mass is 313 g/mol. The van der Waals surface area contributed by atoms with E-state index in [1.54, 1.807) is 0 Å². The average molecular weight is 313 g/mol. The van der Waals surface area contributed by atoms with Crippen LogP contribution < -0.4 is 5.32 Å². The summed E-state index contributed by atoms with van der Waals surface area (Å²) in [5.41, 5.74) is 0. The Morgan fingerprint density at radius 2 is 2.05 bits per heavy atom. The minimum Gasteiger partial charge on any atom is -0.477 e. The highest BCUT2D eigenvalue weighted by Crippen LogP contribution is 2.34. The summed E-state index contributed by atoms with van der Waals surface area (Å²) in [6.45, 7) is 0.0876. The summed E-state index contributed by atoms with van der Waals surface area (Å²) in [7, 11) is 0. The molecule has 8 nitrogen and oxygen atoms in total. The van der Waals surface area contributed by atoms with Gasteiger partial charge in [-0.3, -0.25) is 4.79 Å². The van der Waals surface area contributed by atoms with Crippen LogP contribution in [0.4, 0.5) is 8.78 Å². The van der Waals surface area contributed by atoms with Gasteiger partial charge in [-0.05, 0) is 0 Å². The molecule has 1 fully saturated rings. The molecule has 6 atom stereocenters. The van der Waals surface area contributed by atoms with Crippen molar-refractivity contribution in [3.05, 3.63) is 0 Å². The number of alkyl halides is 2. The molecule has 1 heterocycles. The Morgan fingerprint density at radius 1 is 1.48 bits per heavy atom. The smallest absolute Gasteiger partial charge is 0.369 e. The fraction of sp³-hybridized carbons (Fsp3) is 0.818. The van der Waals surface area contributed by atoms with Crippen molar-refractivity contribution >= 4 is 11.9 Å². The second kappa shape index (κ2) is 6.60. The van der Waals surface area contributed by atoms with Crippen LogP contribution in [0.15, 0.2) is 0 Å². The molecule has 0 aromatic rings. The predicted octanol–water partition coefficient (Wildman–Crippen LogP) is -1.92. The third kappa shape index (κ3) is 3.84. The highest BCUT2D eigenvalue weighted by Gasteiger charge is 2.55. The van der Waals surface area contributed by atoms with Crippen LogP contribution in [0.5, 0.6) is 0 Å². The van der Waals surface area contributed by atoms with E-state index in [4.69, 9.17) is 10.2 Å². The first-order valence-corrected chi connectivity index (χ1v) is 6.10. The van der Waals surface area contributed by atoms with Crippen LogP contribution in [0.25, 0.3) is 0 Å². The van der Waals surface area contributed by atoms with E-state index in [1.165, 1.54) is 0 Å². The van der Waals surface area contributed by atoms with Crippen molar-refractivity contribution in [2.45, 2.75) is 49.7 Å². The van der Waals surface area contributed by atoms with Gasteiger partial charge < -0.3 is 30.5 Å². The number of nitrogens with one attached hydrogen (secondary N) is 1. The number of aliphatic hydroxyl groups excluding tert-OH is 3. The topological polar surface area (TPSA) is 136 Å². The van der Waals surface area contributed by atoms with Gasteiger partial charge in [0.2, 0.25) is 5.91 Å². The Balaban J connectivity index is 3.07. The van der Waals surface area contributed by atoms with Gasteiger partial charge in [0.15, 0.2) is 0 Å². The third-order valence-electron chi connectivity index (χ3n) is 3.13.